The number of nitrogens with zero attached hydrogens (tertiary/aromatic N) is 4. The van der Waals surface area contributed by atoms with E-state index in [-0.39, 0.29) is 6.42 Å². The van der Waals surface area contributed by atoms with Gasteiger partial charge in [-0.3, -0.25) is 4.79 Å². The lowest BCUT2D eigenvalue weighted by atomic mass is 10.1. The Morgan fingerprint density at radius 2 is 2.10 bits per heavy atom. The number of hydrogen-bond donors (Lipinski definition) is 4. The molecule has 5 N–H and O–H groups in total. The van der Waals surface area contributed by atoms with Crippen molar-refractivity contribution in [3.63, 3.8) is 0 Å². The molecule has 1 aliphatic carbocycles. The summed E-state index contributed by atoms with van der Waals surface area (Å²) in [5, 5.41) is 19.9. The van der Waals surface area contributed by atoms with E-state index in [1.807, 2.05) is 30.5 Å². The quantitative estimate of drug-likeness (QED) is 0.304. The maximum Gasteiger partial charge on any atom is 0.303 e. The number of aliphatic carboxylic acids is 1. The molecule has 1 aromatic carbocycles. The highest BCUT2D eigenvalue weighted by Crippen LogP contribution is 2.26. The van der Waals surface area contributed by atoms with Gasteiger partial charge in [-0.15, -0.1) is 0 Å². The highest BCUT2D eigenvalue weighted by molar-refractivity contribution is 5.66. The summed E-state index contributed by atoms with van der Waals surface area (Å²) in [6.07, 6.45) is 7.51. The largest absolute Gasteiger partial charge is 0.481 e. The predicted octanol–water partition coefficient (Wildman–Crippen LogP) is 3.21. The van der Waals surface area contributed by atoms with Crippen LogP contribution in [0.15, 0.2) is 30.5 Å². The van der Waals surface area contributed by atoms with Crippen LogP contribution in [0.5, 0.6) is 0 Å². The van der Waals surface area contributed by atoms with Gasteiger partial charge in [0.15, 0.2) is 5.65 Å². The summed E-state index contributed by atoms with van der Waals surface area (Å²) >= 11 is 0. The number of carboxylic acids is 1. The van der Waals surface area contributed by atoms with E-state index in [1.165, 1.54) is 0 Å². The Kier molecular flexibility index (Phi) is 5.46. The second-order valence-electron chi connectivity index (χ2n) is 7.40. The number of benzene rings is 1. The van der Waals surface area contributed by atoms with Gasteiger partial charge in [-0.25, -0.2) is 0 Å². The molecule has 0 radical (unpaired) electrons. The molecule has 2 heterocycles. The Labute approximate surface area is 168 Å². The predicted molar refractivity (Wildman–Crippen MR) is 111 cm³/mol. The molecule has 0 aliphatic heterocycles. The zero-order chi connectivity index (χ0) is 20.2. The second kappa shape index (κ2) is 8.34. The van der Waals surface area contributed by atoms with E-state index in [1.54, 1.807) is 4.52 Å². The minimum absolute atomic E-state index is 0.209. The third-order valence-electron chi connectivity index (χ3n) is 4.83. The van der Waals surface area contributed by atoms with Crippen LogP contribution in [-0.4, -0.2) is 36.7 Å². The number of aryl methyl sites for hydroxylation is 1. The molecule has 0 atom stereocenters. The van der Waals surface area contributed by atoms with Crippen molar-refractivity contribution >= 4 is 34.9 Å². The van der Waals surface area contributed by atoms with Crippen molar-refractivity contribution in [3.8, 4) is 0 Å². The van der Waals surface area contributed by atoms with Gasteiger partial charge in [0.1, 0.15) is 0 Å². The number of rotatable bonds is 10. The van der Waals surface area contributed by atoms with Gasteiger partial charge in [0.25, 0.3) is 0 Å². The van der Waals surface area contributed by atoms with Gasteiger partial charge in [0, 0.05) is 29.4 Å². The van der Waals surface area contributed by atoms with Crippen LogP contribution in [0, 0.1) is 0 Å². The Balaban J connectivity index is 1.55. The minimum Gasteiger partial charge on any atom is -0.481 e. The van der Waals surface area contributed by atoms with Crippen LogP contribution in [0.25, 0.3) is 5.65 Å². The first-order chi connectivity index (χ1) is 14.1. The summed E-state index contributed by atoms with van der Waals surface area (Å²) < 4.78 is 1.75. The number of fused-ring (bicyclic) bond motifs is 1. The van der Waals surface area contributed by atoms with Gasteiger partial charge >= 0.3 is 5.97 Å². The molecule has 0 spiro atoms. The molecule has 1 fully saturated rings. The van der Waals surface area contributed by atoms with Gasteiger partial charge in [0.05, 0.1) is 6.20 Å². The van der Waals surface area contributed by atoms with Crippen LogP contribution in [0.1, 0.15) is 44.1 Å². The monoisotopic (exact) mass is 395 g/mol. The standard InChI is InChI=1S/C20H25N7O2/c21-14-6-4-7-16(11-14)23-19-25-18-13(5-2-1-3-8-17(28)29)12-22-27(18)20(26-19)24-15-9-10-15/h4,6-7,11-12,15H,1-3,5,8-10,21H2,(H,28,29)(H2,23,24,25,26). The molecular formula is C20H25N7O2. The number of carboxylic acid groups (broad SMARTS) is 1. The maximum absolute atomic E-state index is 10.7. The fourth-order valence-electron chi connectivity index (χ4n) is 3.17. The third kappa shape index (κ3) is 4.92. The SMILES string of the molecule is Nc1cccc(Nc2nc(NC3CC3)n3ncc(CCCCCC(=O)O)c3n2)c1. The van der Waals surface area contributed by atoms with E-state index in [2.05, 4.69) is 25.7 Å². The molecule has 1 aliphatic rings. The van der Waals surface area contributed by atoms with Crippen molar-refractivity contribution in [1.29, 1.82) is 0 Å². The smallest absolute Gasteiger partial charge is 0.303 e. The Bertz CT molecular complexity index is 1010. The molecule has 0 saturated heterocycles. The molecule has 9 heteroatoms. The van der Waals surface area contributed by atoms with Crippen LogP contribution in [0.2, 0.25) is 0 Å². The van der Waals surface area contributed by atoms with E-state index >= 15 is 0 Å². The lowest BCUT2D eigenvalue weighted by Crippen LogP contribution is -2.12. The van der Waals surface area contributed by atoms with Gasteiger partial charge in [-0.05, 0) is 50.3 Å². The number of anilines is 4. The van der Waals surface area contributed by atoms with E-state index < -0.39 is 5.97 Å². The fraction of sp³-hybridized carbons (Fsp3) is 0.400. The lowest BCUT2D eigenvalue weighted by molar-refractivity contribution is -0.137. The zero-order valence-corrected chi connectivity index (χ0v) is 16.1. The zero-order valence-electron chi connectivity index (χ0n) is 16.1. The van der Waals surface area contributed by atoms with Crippen molar-refractivity contribution in [2.75, 3.05) is 16.4 Å². The first-order valence-corrected chi connectivity index (χ1v) is 9.94. The molecule has 1 saturated carbocycles. The number of unbranched alkanes of at least 4 members (excludes halogenated alkanes) is 2. The maximum atomic E-state index is 10.7. The number of nitrogens with one attached hydrogen (secondary N) is 2. The van der Waals surface area contributed by atoms with Gasteiger partial charge in [-0.2, -0.15) is 19.6 Å². The summed E-state index contributed by atoms with van der Waals surface area (Å²) in [5.41, 5.74) is 9.14. The van der Waals surface area contributed by atoms with E-state index in [0.29, 0.717) is 30.0 Å². The molecule has 4 rings (SSSR count). The average molecular weight is 395 g/mol. The molecule has 0 bridgehead atoms. The Morgan fingerprint density at radius 1 is 1.24 bits per heavy atom. The van der Waals surface area contributed by atoms with Crippen LogP contribution in [0.3, 0.4) is 0 Å². The highest BCUT2D eigenvalue weighted by atomic mass is 16.4. The van der Waals surface area contributed by atoms with Gasteiger partial charge in [-0.1, -0.05) is 12.5 Å². The summed E-state index contributed by atoms with van der Waals surface area (Å²) in [6.45, 7) is 0. The summed E-state index contributed by atoms with van der Waals surface area (Å²) in [7, 11) is 0. The topological polar surface area (TPSA) is 130 Å². The number of nitrogen functional groups attached to an aromatic ring is 1. The third-order valence-corrected chi connectivity index (χ3v) is 4.83. The van der Waals surface area contributed by atoms with Crippen LogP contribution >= 0.6 is 0 Å². The number of carbonyl (C=O) groups is 1. The highest BCUT2D eigenvalue weighted by Gasteiger charge is 2.24. The lowest BCUT2D eigenvalue weighted by Gasteiger charge is -2.11. The van der Waals surface area contributed by atoms with Crippen molar-refractivity contribution < 1.29 is 9.90 Å². The van der Waals surface area contributed by atoms with Crippen molar-refractivity contribution in [2.45, 2.75) is 51.0 Å². The number of nitrogens with two attached hydrogens (primary N) is 1. The van der Waals surface area contributed by atoms with Gasteiger partial charge < -0.3 is 21.5 Å². The molecular weight excluding hydrogens is 370 g/mol. The average Bonchev–Trinajstić information content (AvgIpc) is 3.40. The minimum atomic E-state index is -0.748. The molecule has 9 nitrogen and oxygen atoms in total. The molecule has 3 aromatic rings. The summed E-state index contributed by atoms with van der Waals surface area (Å²) in [6, 6.07) is 7.88. The number of hydrogen-bond acceptors (Lipinski definition) is 7. The molecule has 0 amide bonds. The fourth-order valence-corrected chi connectivity index (χ4v) is 3.17. The summed E-state index contributed by atoms with van der Waals surface area (Å²) in [5.74, 6) is 0.404. The van der Waals surface area contributed by atoms with Gasteiger partial charge in [0.2, 0.25) is 11.9 Å². The molecule has 2 aromatic heterocycles. The molecule has 152 valence electrons. The molecule has 29 heavy (non-hydrogen) atoms. The van der Waals surface area contributed by atoms with Crippen molar-refractivity contribution in [3.05, 3.63) is 36.0 Å². The van der Waals surface area contributed by atoms with Crippen LogP contribution < -0.4 is 16.4 Å². The van der Waals surface area contributed by atoms with Crippen molar-refractivity contribution in [1.82, 2.24) is 19.6 Å². The Morgan fingerprint density at radius 3 is 2.86 bits per heavy atom. The first-order valence-electron chi connectivity index (χ1n) is 9.94. The first kappa shape index (κ1) is 19.0. The second-order valence-corrected chi connectivity index (χ2v) is 7.40. The van der Waals surface area contributed by atoms with Crippen LogP contribution in [0.4, 0.5) is 23.3 Å². The van der Waals surface area contributed by atoms with E-state index in [4.69, 9.17) is 10.8 Å². The normalized spacial score (nSPS) is 13.5. The van der Waals surface area contributed by atoms with Crippen LogP contribution in [-0.2, 0) is 11.2 Å². The Hall–Kier alpha value is -3.36. The van der Waals surface area contributed by atoms with Crippen molar-refractivity contribution in [2.24, 2.45) is 0 Å². The summed E-state index contributed by atoms with van der Waals surface area (Å²) in [4.78, 5) is 19.9. The van der Waals surface area contributed by atoms with E-state index in [9.17, 15) is 4.79 Å². The van der Waals surface area contributed by atoms with E-state index in [0.717, 1.165) is 49.0 Å². The molecule has 0 unspecified atom stereocenters. The number of aromatic nitrogens is 4.